The van der Waals surface area contributed by atoms with Gasteiger partial charge in [-0.15, -0.1) is 0 Å². The fraction of sp³-hybridized carbons (Fsp3) is 0.824. The Morgan fingerprint density at radius 3 is 2.86 bits per heavy atom. The Morgan fingerprint density at radius 1 is 1.33 bits per heavy atom. The van der Waals surface area contributed by atoms with Crippen molar-refractivity contribution < 1.29 is 0 Å². The number of nitrogens with one attached hydrogen (secondary N) is 1. The van der Waals surface area contributed by atoms with Gasteiger partial charge in [0.1, 0.15) is 0 Å². The molecule has 1 saturated heterocycles. The van der Waals surface area contributed by atoms with E-state index < -0.39 is 0 Å². The zero-order valence-electron chi connectivity index (χ0n) is 14.0. The van der Waals surface area contributed by atoms with Gasteiger partial charge in [-0.3, -0.25) is 4.90 Å². The number of piperazine rings is 1. The largest absolute Gasteiger partial charge is 0.337 e. The monoisotopic (exact) mass is 292 g/mol. The van der Waals surface area contributed by atoms with Crippen molar-refractivity contribution in [2.75, 3.05) is 19.6 Å². The molecule has 1 aromatic heterocycles. The molecule has 0 spiro atoms. The molecule has 2 heterocycles. The van der Waals surface area contributed by atoms with Crippen LogP contribution in [0.3, 0.4) is 0 Å². The third-order valence-electron chi connectivity index (χ3n) is 4.41. The molecule has 2 unspecified atom stereocenters. The highest BCUT2D eigenvalue weighted by atomic mass is 15.2. The number of rotatable bonds is 8. The molecule has 0 aromatic carbocycles. The molecule has 2 atom stereocenters. The second-order valence-corrected chi connectivity index (χ2v) is 6.83. The van der Waals surface area contributed by atoms with Crippen LogP contribution < -0.4 is 5.32 Å². The molecule has 4 nitrogen and oxygen atoms in total. The minimum Gasteiger partial charge on any atom is -0.337 e. The van der Waals surface area contributed by atoms with Crippen LogP contribution >= 0.6 is 0 Å². The van der Waals surface area contributed by atoms with Gasteiger partial charge in [0.25, 0.3) is 0 Å². The first-order chi connectivity index (χ1) is 10.2. The highest BCUT2D eigenvalue weighted by molar-refractivity contribution is 4.86. The van der Waals surface area contributed by atoms with Crippen LogP contribution in [0.1, 0.15) is 46.5 Å². The van der Waals surface area contributed by atoms with Gasteiger partial charge in [-0.1, -0.05) is 27.2 Å². The van der Waals surface area contributed by atoms with E-state index in [9.17, 15) is 0 Å². The molecule has 1 aliphatic heterocycles. The molecular formula is C17H32N4. The molecule has 0 saturated carbocycles. The highest BCUT2D eigenvalue weighted by Crippen LogP contribution is 2.17. The summed E-state index contributed by atoms with van der Waals surface area (Å²) in [5.41, 5.74) is 0. The Kier molecular flexibility index (Phi) is 6.71. The maximum Gasteiger partial charge on any atom is 0.0945 e. The molecule has 2 rings (SSSR count). The maximum absolute atomic E-state index is 4.12. The molecule has 1 aliphatic rings. The van der Waals surface area contributed by atoms with E-state index in [4.69, 9.17) is 0 Å². The van der Waals surface area contributed by atoms with Gasteiger partial charge in [-0.25, -0.2) is 4.98 Å². The van der Waals surface area contributed by atoms with Crippen molar-refractivity contribution in [2.24, 2.45) is 5.92 Å². The lowest BCUT2D eigenvalue weighted by molar-refractivity contribution is 0.112. The fourth-order valence-corrected chi connectivity index (χ4v) is 3.42. The van der Waals surface area contributed by atoms with Gasteiger partial charge in [0, 0.05) is 50.7 Å². The van der Waals surface area contributed by atoms with Crippen molar-refractivity contribution in [3.8, 4) is 0 Å². The van der Waals surface area contributed by atoms with Gasteiger partial charge < -0.3 is 9.88 Å². The fourth-order valence-electron chi connectivity index (χ4n) is 3.42. The van der Waals surface area contributed by atoms with Crippen molar-refractivity contribution >= 4 is 0 Å². The SMILES string of the molecule is CCCC1CNC(CC(C)C)CN1CCCn1ccnc1. The van der Waals surface area contributed by atoms with Crippen LogP contribution in [-0.2, 0) is 6.54 Å². The molecule has 0 aliphatic carbocycles. The van der Waals surface area contributed by atoms with E-state index in [1.54, 1.807) is 0 Å². The maximum atomic E-state index is 4.12. The summed E-state index contributed by atoms with van der Waals surface area (Å²) in [5.74, 6) is 0.776. The molecule has 0 radical (unpaired) electrons. The Bertz CT molecular complexity index is 374. The summed E-state index contributed by atoms with van der Waals surface area (Å²) in [5, 5.41) is 3.76. The van der Waals surface area contributed by atoms with Crippen LogP contribution in [0.5, 0.6) is 0 Å². The van der Waals surface area contributed by atoms with E-state index in [0.717, 1.165) is 25.0 Å². The molecule has 1 aromatic rings. The number of hydrogen-bond donors (Lipinski definition) is 1. The second kappa shape index (κ2) is 8.54. The van der Waals surface area contributed by atoms with Gasteiger partial charge in [0.15, 0.2) is 0 Å². The van der Waals surface area contributed by atoms with Crippen LogP contribution in [0.15, 0.2) is 18.7 Å². The molecule has 1 fully saturated rings. The van der Waals surface area contributed by atoms with E-state index in [-0.39, 0.29) is 0 Å². The van der Waals surface area contributed by atoms with Crippen LogP contribution in [-0.4, -0.2) is 46.2 Å². The summed E-state index contributed by atoms with van der Waals surface area (Å²) in [4.78, 5) is 6.84. The second-order valence-electron chi connectivity index (χ2n) is 6.83. The van der Waals surface area contributed by atoms with E-state index in [1.807, 2.05) is 12.5 Å². The zero-order chi connectivity index (χ0) is 15.1. The lowest BCUT2D eigenvalue weighted by Crippen LogP contribution is -2.56. The number of imidazole rings is 1. The zero-order valence-corrected chi connectivity index (χ0v) is 14.0. The molecule has 0 amide bonds. The van der Waals surface area contributed by atoms with Crippen LogP contribution in [0.2, 0.25) is 0 Å². The summed E-state index contributed by atoms with van der Waals surface area (Å²) in [7, 11) is 0. The van der Waals surface area contributed by atoms with Crippen LogP contribution in [0.25, 0.3) is 0 Å². The smallest absolute Gasteiger partial charge is 0.0945 e. The van der Waals surface area contributed by atoms with Crippen molar-refractivity contribution in [1.29, 1.82) is 0 Å². The highest BCUT2D eigenvalue weighted by Gasteiger charge is 2.27. The minimum atomic E-state index is 0.673. The molecule has 4 heteroatoms. The topological polar surface area (TPSA) is 33.1 Å². The molecule has 21 heavy (non-hydrogen) atoms. The summed E-state index contributed by atoms with van der Waals surface area (Å²) in [6.07, 6.45) is 10.9. The van der Waals surface area contributed by atoms with E-state index >= 15 is 0 Å². The summed E-state index contributed by atoms with van der Waals surface area (Å²) >= 11 is 0. The van der Waals surface area contributed by atoms with Gasteiger partial charge in [-0.2, -0.15) is 0 Å². The predicted octanol–water partition coefficient (Wildman–Crippen LogP) is 2.76. The Morgan fingerprint density at radius 2 is 2.19 bits per heavy atom. The average Bonchev–Trinajstić information content (AvgIpc) is 2.94. The Labute approximate surface area is 129 Å². The lowest BCUT2D eigenvalue weighted by atomic mass is 9.98. The van der Waals surface area contributed by atoms with Crippen LogP contribution in [0.4, 0.5) is 0 Å². The number of nitrogens with zero attached hydrogens (tertiary/aromatic N) is 3. The van der Waals surface area contributed by atoms with E-state index in [0.29, 0.717) is 6.04 Å². The normalized spacial score (nSPS) is 23.8. The van der Waals surface area contributed by atoms with Crippen molar-refractivity contribution in [3.63, 3.8) is 0 Å². The van der Waals surface area contributed by atoms with Crippen LogP contribution in [0, 0.1) is 5.92 Å². The molecule has 120 valence electrons. The lowest BCUT2D eigenvalue weighted by Gasteiger charge is -2.41. The number of aryl methyl sites for hydroxylation is 1. The van der Waals surface area contributed by atoms with Gasteiger partial charge >= 0.3 is 0 Å². The molecule has 0 bridgehead atoms. The summed E-state index contributed by atoms with van der Waals surface area (Å²) < 4.78 is 2.18. The first-order valence-corrected chi connectivity index (χ1v) is 8.62. The van der Waals surface area contributed by atoms with Gasteiger partial charge in [-0.05, 0) is 25.2 Å². The quantitative estimate of drug-likeness (QED) is 0.800. The Balaban J connectivity index is 1.81. The Hall–Kier alpha value is -0.870. The van der Waals surface area contributed by atoms with Gasteiger partial charge in [0.05, 0.1) is 6.33 Å². The van der Waals surface area contributed by atoms with Crippen molar-refractivity contribution in [1.82, 2.24) is 19.8 Å². The number of aromatic nitrogens is 2. The first-order valence-electron chi connectivity index (χ1n) is 8.62. The minimum absolute atomic E-state index is 0.673. The average molecular weight is 292 g/mol. The third-order valence-corrected chi connectivity index (χ3v) is 4.41. The first kappa shape index (κ1) is 16.5. The van der Waals surface area contributed by atoms with Crippen molar-refractivity contribution in [3.05, 3.63) is 18.7 Å². The summed E-state index contributed by atoms with van der Waals surface area (Å²) in [6.45, 7) is 11.6. The van der Waals surface area contributed by atoms with E-state index in [1.165, 1.54) is 38.8 Å². The third kappa shape index (κ3) is 5.44. The predicted molar refractivity (Wildman–Crippen MR) is 88.4 cm³/mol. The van der Waals surface area contributed by atoms with Crippen molar-refractivity contribution in [2.45, 2.75) is 65.1 Å². The summed E-state index contributed by atoms with van der Waals surface area (Å²) in [6, 6.07) is 1.40. The van der Waals surface area contributed by atoms with E-state index in [2.05, 4.69) is 46.7 Å². The molecular weight excluding hydrogens is 260 g/mol. The van der Waals surface area contributed by atoms with Gasteiger partial charge in [0.2, 0.25) is 0 Å². The molecule has 1 N–H and O–H groups in total. The number of hydrogen-bond acceptors (Lipinski definition) is 3. The standard InChI is InChI=1S/C17H32N4/c1-4-6-17-12-19-16(11-15(2)3)13-21(17)9-5-8-20-10-7-18-14-20/h7,10,14-17,19H,4-6,8-9,11-13H2,1-3H3.